The van der Waals surface area contributed by atoms with Gasteiger partial charge in [0.1, 0.15) is 0 Å². The minimum atomic E-state index is -0.270. The Hall–Kier alpha value is -1.10. The normalized spacial score (nSPS) is 9.73. The fraction of sp³-hybridized carbons (Fsp3) is 0.800. The first kappa shape index (κ1) is 13.9. The first-order valence-corrected chi connectivity index (χ1v) is 5.25. The van der Waals surface area contributed by atoms with Gasteiger partial charge < -0.3 is 15.4 Å². The molecule has 0 radical (unpaired) electrons. The molecule has 0 fully saturated rings. The Balaban J connectivity index is 3.27. The molecule has 0 aliphatic heterocycles. The molecule has 0 aliphatic carbocycles. The average Bonchev–Trinajstić information content (AvgIpc) is 2.24. The minimum absolute atomic E-state index is 0.0340. The number of carbonyl (C=O) groups excluding carboxylic acids is 2. The van der Waals surface area contributed by atoms with Gasteiger partial charge in [-0.25, -0.2) is 0 Å². The van der Waals surface area contributed by atoms with Gasteiger partial charge in [-0.3, -0.25) is 9.59 Å². The van der Waals surface area contributed by atoms with Crippen LogP contribution in [-0.2, 0) is 14.3 Å². The largest absolute Gasteiger partial charge is 0.469 e. The molecule has 0 aromatic carbocycles. The Labute approximate surface area is 90.6 Å². The summed E-state index contributed by atoms with van der Waals surface area (Å²) >= 11 is 0. The monoisotopic (exact) mass is 216 g/mol. The second-order valence-electron chi connectivity index (χ2n) is 3.21. The van der Waals surface area contributed by atoms with Crippen molar-refractivity contribution < 1.29 is 14.3 Å². The van der Waals surface area contributed by atoms with Crippen LogP contribution in [0, 0.1) is 0 Å². The lowest BCUT2D eigenvalue weighted by atomic mass is 10.3. The zero-order valence-electron chi connectivity index (χ0n) is 9.47. The third-order valence-electron chi connectivity index (χ3n) is 1.87. The number of hydrogen-bond acceptors (Lipinski definition) is 4. The quantitative estimate of drug-likeness (QED) is 0.444. The molecule has 0 atom stereocenters. The Morgan fingerprint density at radius 2 is 2.00 bits per heavy atom. The summed E-state index contributed by atoms with van der Waals surface area (Å²) in [6, 6.07) is 0. The van der Waals surface area contributed by atoms with E-state index in [1.165, 1.54) is 7.11 Å². The van der Waals surface area contributed by atoms with Crippen molar-refractivity contribution in [2.75, 3.05) is 26.7 Å². The van der Waals surface area contributed by atoms with Crippen LogP contribution >= 0.6 is 0 Å². The first-order valence-electron chi connectivity index (χ1n) is 5.25. The van der Waals surface area contributed by atoms with E-state index in [0.29, 0.717) is 19.5 Å². The van der Waals surface area contributed by atoms with Gasteiger partial charge in [-0.1, -0.05) is 13.3 Å². The van der Waals surface area contributed by atoms with E-state index in [-0.39, 0.29) is 18.4 Å². The van der Waals surface area contributed by atoms with Crippen LogP contribution in [0.5, 0.6) is 0 Å². The number of methoxy groups -OCH3 is 1. The van der Waals surface area contributed by atoms with Gasteiger partial charge in [0.2, 0.25) is 5.91 Å². The molecule has 0 aliphatic rings. The van der Waals surface area contributed by atoms with Gasteiger partial charge in [0.15, 0.2) is 0 Å². The van der Waals surface area contributed by atoms with Crippen molar-refractivity contribution >= 4 is 11.9 Å². The summed E-state index contributed by atoms with van der Waals surface area (Å²) in [5, 5.41) is 5.63. The molecular weight excluding hydrogens is 196 g/mol. The fourth-order valence-electron chi connectivity index (χ4n) is 0.962. The lowest BCUT2D eigenvalue weighted by Crippen LogP contribution is -2.35. The SMILES string of the molecule is CCCCNC(=O)CNCCC(=O)OC. The van der Waals surface area contributed by atoms with E-state index in [4.69, 9.17) is 0 Å². The van der Waals surface area contributed by atoms with Crippen molar-refractivity contribution in [2.24, 2.45) is 0 Å². The Bertz CT molecular complexity index is 195. The zero-order chi connectivity index (χ0) is 11.5. The molecule has 0 heterocycles. The molecule has 2 N–H and O–H groups in total. The number of esters is 1. The van der Waals surface area contributed by atoms with Gasteiger partial charge in [0, 0.05) is 13.1 Å². The lowest BCUT2D eigenvalue weighted by molar-refractivity contribution is -0.140. The van der Waals surface area contributed by atoms with Crippen molar-refractivity contribution in [1.29, 1.82) is 0 Å². The number of unbranched alkanes of at least 4 members (excludes halogenated alkanes) is 1. The van der Waals surface area contributed by atoms with Crippen LogP contribution in [0.25, 0.3) is 0 Å². The highest BCUT2D eigenvalue weighted by molar-refractivity contribution is 5.78. The molecule has 0 saturated carbocycles. The summed E-state index contributed by atoms with van der Waals surface area (Å²) < 4.78 is 4.46. The van der Waals surface area contributed by atoms with Gasteiger partial charge in [0.25, 0.3) is 0 Å². The molecule has 0 aromatic rings. The molecular formula is C10H20N2O3. The highest BCUT2D eigenvalue weighted by Crippen LogP contribution is 1.83. The van der Waals surface area contributed by atoms with E-state index in [1.807, 2.05) is 0 Å². The molecule has 0 rings (SSSR count). The first-order chi connectivity index (χ1) is 7.20. The van der Waals surface area contributed by atoms with E-state index >= 15 is 0 Å². The highest BCUT2D eigenvalue weighted by atomic mass is 16.5. The van der Waals surface area contributed by atoms with Gasteiger partial charge in [-0.05, 0) is 6.42 Å². The molecule has 0 unspecified atom stereocenters. The second kappa shape index (κ2) is 9.45. The molecule has 5 nitrogen and oxygen atoms in total. The number of rotatable bonds is 8. The van der Waals surface area contributed by atoms with Crippen LogP contribution in [0.2, 0.25) is 0 Å². The van der Waals surface area contributed by atoms with Crippen LogP contribution in [0.15, 0.2) is 0 Å². The number of ether oxygens (including phenoxy) is 1. The summed E-state index contributed by atoms with van der Waals surface area (Å²) in [6.45, 7) is 3.50. The maximum Gasteiger partial charge on any atom is 0.306 e. The molecule has 0 aromatic heterocycles. The predicted octanol–water partition coefficient (Wildman–Crippen LogP) is 0.0554. The number of nitrogens with one attached hydrogen (secondary N) is 2. The molecule has 5 heteroatoms. The lowest BCUT2D eigenvalue weighted by Gasteiger charge is -2.05. The van der Waals surface area contributed by atoms with Crippen LogP contribution in [0.4, 0.5) is 0 Å². The van der Waals surface area contributed by atoms with E-state index in [0.717, 1.165) is 12.8 Å². The molecule has 0 bridgehead atoms. The van der Waals surface area contributed by atoms with Crippen LogP contribution < -0.4 is 10.6 Å². The summed E-state index contributed by atoms with van der Waals surface area (Å²) in [5.74, 6) is -0.304. The number of amides is 1. The van der Waals surface area contributed by atoms with Gasteiger partial charge in [-0.2, -0.15) is 0 Å². The maximum absolute atomic E-state index is 11.1. The smallest absolute Gasteiger partial charge is 0.306 e. The number of carbonyl (C=O) groups is 2. The third-order valence-corrected chi connectivity index (χ3v) is 1.87. The maximum atomic E-state index is 11.1. The predicted molar refractivity (Wildman–Crippen MR) is 57.4 cm³/mol. The van der Waals surface area contributed by atoms with E-state index in [9.17, 15) is 9.59 Å². The summed E-state index contributed by atoms with van der Waals surface area (Å²) in [6.07, 6.45) is 2.35. The number of hydrogen-bond donors (Lipinski definition) is 2. The van der Waals surface area contributed by atoms with E-state index < -0.39 is 0 Å². The molecule has 0 saturated heterocycles. The topological polar surface area (TPSA) is 67.4 Å². The third kappa shape index (κ3) is 9.21. The van der Waals surface area contributed by atoms with E-state index in [1.54, 1.807) is 0 Å². The summed E-state index contributed by atoms with van der Waals surface area (Å²) in [5.41, 5.74) is 0. The Morgan fingerprint density at radius 3 is 2.60 bits per heavy atom. The van der Waals surface area contributed by atoms with Crippen molar-refractivity contribution in [3.63, 3.8) is 0 Å². The van der Waals surface area contributed by atoms with Crippen molar-refractivity contribution in [1.82, 2.24) is 10.6 Å². The van der Waals surface area contributed by atoms with Crippen LogP contribution in [0.3, 0.4) is 0 Å². The Kier molecular flexibility index (Phi) is 8.76. The summed E-state index contributed by atoms with van der Waals surface area (Å²) in [4.78, 5) is 21.8. The molecule has 1 amide bonds. The molecule has 15 heavy (non-hydrogen) atoms. The standard InChI is InChI=1S/C10H20N2O3/c1-3-4-6-12-9(13)8-11-7-5-10(14)15-2/h11H,3-8H2,1-2H3,(H,12,13). The van der Waals surface area contributed by atoms with Crippen molar-refractivity contribution in [3.8, 4) is 0 Å². The average molecular weight is 216 g/mol. The van der Waals surface area contributed by atoms with Crippen molar-refractivity contribution in [2.45, 2.75) is 26.2 Å². The van der Waals surface area contributed by atoms with E-state index in [2.05, 4.69) is 22.3 Å². The zero-order valence-corrected chi connectivity index (χ0v) is 9.47. The minimum Gasteiger partial charge on any atom is -0.469 e. The van der Waals surface area contributed by atoms with Gasteiger partial charge in [0.05, 0.1) is 20.1 Å². The molecule has 88 valence electrons. The van der Waals surface area contributed by atoms with Crippen LogP contribution in [-0.4, -0.2) is 38.6 Å². The van der Waals surface area contributed by atoms with Crippen LogP contribution in [0.1, 0.15) is 26.2 Å². The highest BCUT2D eigenvalue weighted by Gasteiger charge is 2.01. The van der Waals surface area contributed by atoms with Gasteiger partial charge >= 0.3 is 5.97 Å². The van der Waals surface area contributed by atoms with Crippen molar-refractivity contribution in [3.05, 3.63) is 0 Å². The second-order valence-corrected chi connectivity index (χ2v) is 3.21. The molecule has 0 spiro atoms. The Morgan fingerprint density at radius 1 is 1.27 bits per heavy atom. The summed E-state index contributed by atoms with van der Waals surface area (Å²) in [7, 11) is 1.35. The fourth-order valence-corrected chi connectivity index (χ4v) is 0.962. The van der Waals surface area contributed by atoms with Gasteiger partial charge in [-0.15, -0.1) is 0 Å².